The Labute approximate surface area is 48.9 Å². The second-order valence-corrected chi connectivity index (χ2v) is 3.02. The number of nitrogens with one attached hydrogen (secondary N) is 1. The molecule has 1 atom stereocenters. The lowest BCUT2D eigenvalue weighted by molar-refractivity contribution is -0.0967. The van der Waals surface area contributed by atoms with Crippen LogP contribution in [0.15, 0.2) is 0 Å². The van der Waals surface area contributed by atoms with Gasteiger partial charge in [0.25, 0.3) is 0 Å². The van der Waals surface area contributed by atoms with Gasteiger partial charge in [-0.2, -0.15) is 0 Å². The summed E-state index contributed by atoms with van der Waals surface area (Å²) in [6.07, 6.45) is 2.28. The SMILES string of the molecule is OC1CCC12CNC2. The number of aliphatic hydroxyl groups is 1. The summed E-state index contributed by atoms with van der Waals surface area (Å²) in [7, 11) is 0. The van der Waals surface area contributed by atoms with Crippen molar-refractivity contribution in [1.29, 1.82) is 0 Å². The fourth-order valence-corrected chi connectivity index (χ4v) is 1.54. The summed E-state index contributed by atoms with van der Waals surface area (Å²) in [5.74, 6) is 0. The van der Waals surface area contributed by atoms with Crippen molar-refractivity contribution in [3.8, 4) is 0 Å². The first-order valence-corrected chi connectivity index (χ1v) is 3.22. The van der Waals surface area contributed by atoms with Gasteiger partial charge < -0.3 is 10.4 Å². The highest BCUT2D eigenvalue weighted by atomic mass is 16.3. The van der Waals surface area contributed by atoms with Crippen LogP contribution in [0.1, 0.15) is 12.8 Å². The van der Waals surface area contributed by atoms with Gasteiger partial charge in [0.15, 0.2) is 0 Å². The maximum absolute atomic E-state index is 9.18. The first-order valence-electron chi connectivity index (χ1n) is 3.22. The van der Waals surface area contributed by atoms with Crippen LogP contribution in [-0.4, -0.2) is 24.3 Å². The molecule has 0 radical (unpaired) electrons. The number of rotatable bonds is 0. The minimum absolute atomic E-state index is 0.0174. The molecule has 2 N–H and O–H groups in total. The summed E-state index contributed by atoms with van der Waals surface area (Å²) in [5.41, 5.74) is 0.347. The molecule has 2 rings (SSSR count). The van der Waals surface area contributed by atoms with Crippen molar-refractivity contribution in [2.45, 2.75) is 18.9 Å². The van der Waals surface area contributed by atoms with Crippen LogP contribution in [-0.2, 0) is 0 Å². The van der Waals surface area contributed by atoms with Crippen LogP contribution < -0.4 is 5.32 Å². The summed E-state index contributed by atoms with van der Waals surface area (Å²) in [4.78, 5) is 0. The van der Waals surface area contributed by atoms with Gasteiger partial charge in [0.2, 0.25) is 0 Å². The maximum Gasteiger partial charge on any atom is 0.0621 e. The Hall–Kier alpha value is -0.0800. The van der Waals surface area contributed by atoms with E-state index < -0.39 is 0 Å². The lowest BCUT2D eigenvalue weighted by Gasteiger charge is -2.53. The minimum atomic E-state index is 0.0174. The van der Waals surface area contributed by atoms with Gasteiger partial charge in [0, 0.05) is 18.5 Å². The van der Waals surface area contributed by atoms with E-state index in [-0.39, 0.29) is 6.10 Å². The van der Waals surface area contributed by atoms with Crippen molar-refractivity contribution in [3.05, 3.63) is 0 Å². The molecular weight excluding hydrogens is 102 g/mol. The van der Waals surface area contributed by atoms with Crippen molar-refractivity contribution in [2.24, 2.45) is 5.41 Å². The van der Waals surface area contributed by atoms with Gasteiger partial charge in [0.05, 0.1) is 6.10 Å². The van der Waals surface area contributed by atoms with Gasteiger partial charge in [-0.25, -0.2) is 0 Å². The Kier molecular flexibility index (Phi) is 0.746. The second-order valence-electron chi connectivity index (χ2n) is 3.02. The lowest BCUT2D eigenvalue weighted by atomic mass is 9.62. The first kappa shape index (κ1) is 4.77. The van der Waals surface area contributed by atoms with Crippen LogP contribution in [0.2, 0.25) is 0 Å². The molecular formula is C6H11NO. The molecule has 1 saturated carbocycles. The quantitative estimate of drug-likeness (QED) is 0.453. The Balaban J connectivity index is 2.03. The zero-order chi connectivity index (χ0) is 5.61. The van der Waals surface area contributed by atoms with Crippen LogP contribution in [0.5, 0.6) is 0 Å². The Morgan fingerprint density at radius 2 is 2.25 bits per heavy atom. The monoisotopic (exact) mass is 113 g/mol. The maximum atomic E-state index is 9.18. The smallest absolute Gasteiger partial charge is 0.0621 e. The van der Waals surface area contributed by atoms with Gasteiger partial charge in [0.1, 0.15) is 0 Å². The molecule has 0 aromatic rings. The van der Waals surface area contributed by atoms with Crippen LogP contribution in [0.4, 0.5) is 0 Å². The predicted octanol–water partition coefficient (Wildman–Crippen LogP) is -0.269. The van der Waals surface area contributed by atoms with Crippen molar-refractivity contribution in [2.75, 3.05) is 13.1 Å². The number of hydrogen-bond acceptors (Lipinski definition) is 2. The van der Waals surface area contributed by atoms with Gasteiger partial charge in [-0.1, -0.05) is 0 Å². The van der Waals surface area contributed by atoms with Crippen LogP contribution in [0.3, 0.4) is 0 Å². The fraction of sp³-hybridized carbons (Fsp3) is 1.00. The Bertz CT molecular complexity index is 104. The van der Waals surface area contributed by atoms with Crippen LogP contribution in [0, 0.1) is 5.41 Å². The number of aliphatic hydroxyl groups excluding tert-OH is 1. The third-order valence-electron chi connectivity index (χ3n) is 2.58. The molecule has 2 fully saturated rings. The molecule has 46 valence electrons. The van der Waals surface area contributed by atoms with E-state index in [0.717, 1.165) is 19.5 Å². The normalized spacial score (nSPS) is 40.9. The van der Waals surface area contributed by atoms with E-state index in [4.69, 9.17) is 0 Å². The topological polar surface area (TPSA) is 32.3 Å². The number of hydrogen-bond donors (Lipinski definition) is 2. The average molecular weight is 113 g/mol. The van der Waals surface area contributed by atoms with E-state index >= 15 is 0 Å². The summed E-state index contributed by atoms with van der Waals surface area (Å²) in [6.45, 7) is 2.10. The standard InChI is InChI=1S/C6H11NO/c8-5-1-2-6(5)3-7-4-6/h5,7-8H,1-4H2. The molecule has 8 heavy (non-hydrogen) atoms. The molecule has 1 aliphatic carbocycles. The highest BCUT2D eigenvalue weighted by Crippen LogP contribution is 2.43. The molecule has 2 nitrogen and oxygen atoms in total. The van der Waals surface area contributed by atoms with Gasteiger partial charge >= 0.3 is 0 Å². The molecule has 1 saturated heterocycles. The molecule has 1 unspecified atom stereocenters. The van der Waals surface area contributed by atoms with Crippen molar-refractivity contribution < 1.29 is 5.11 Å². The second kappa shape index (κ2) is 1.25. The van der Waals surface area contributed by atoms with E-state index in [0.29, 0.717) is 5.41 Å². The van der Waals surface area contributed by atoms with E-state index in [9.17, 15) is 5.11 Å². The summed E-state index contributed by atoms with van der Waals surface area (Å²) in [5, 5.41) is 12.4. The van der Waals surface area contributed by atoms with E-state index in [1.807, 2.05) is 0 Å². The van der Waals surface area contributed by atoms with Crippen LogP contribution in [0.25, 0.3) is 0 Å². The lowest BCUT2D eigenvalue weighted by Crippen LogP contribution is -2.65. The van der Waals surface area contributed by atoms with E-state index in [2.05, 4.69) is 5.32 Å². The molecule has 0 bridgehead atoms. The van der Waals surface area contributed by atoms with Gasteiger partial charge in [-0.05, 0) is 12.8 Å². The molecule has 1 spiro atoms. The third kappa shape index (κ3) is 0.361. The molecule has 2 aliphatic rings. The van der Waals surface area contributed by atoms with Gasteiger partial charge in [-0.3, -0.25) is 0 Å². The first-order chi connectivity index (χ1) is 3.83. The molecule has 0 aromatic heterocycles. The highest BCUT2D eigenvalue weighted by molar-refractivity contribution is 5.04. The fourth-order valence-electron chi connectivity index (χ4n) is 1.54. The summed E-state index contributed by atoms with van der Waals surface area (Å²) in [6, 6.07) is 0. The molecule has 1 heterocycles. The van der Waals surface area contributed by atoms with Gasteiger partial charge in [-0.15, -0.1) is 0 Å². The minimum Gasteiger partial charge on any atom is -0.392 e. The Morgan fingerprint density at radius 1 is 1.50 bits per heavy atom. The van der Waals surface area contributed by atoms with Crippen molar-refractivity contribution in [1.82, 2.24) is 5.32 Å². The molecule has 0 amide bonds. The zero-order valence-electron chi connectivity index (χ0n) is 4.85. The Morgan fingerprint density at radius 3 is 2.25 bits per heavy atom. The highest BCUT2D eigenvalue weighted by Gasteiger charge is 2.49. The predicted molar refractivity (Wildman–Crippen MR) is 30.5 cm³/mol. The molecule has 2 heteroatoms. The van der Waals surface area contributed by atoms with Crippen molar-refractivity contribution >= 4 is 0 Å². The summed E-state index contributed by atoms with van der Waals surface area (Å²) < 4.78 is 0. The third-order valence-corrected chi connectivity index (χ3v) is 2.58. The van der Waals surface area contributed by atoms with Crippen molar-refractivity contribution in [3.63, 3.8) is 0 Å². The largest absolute Gasteiger partial charge is 0.392 e. The molecule has 0 aromatic carbocycles. The van der Waals surface area contributed by atoms with Crippen LogP contribution >= 0.6 is 0 Å². The van der Waals surface area contributed by atoms with E-state index in [1.165, 1.54) is 6.42 Å². The zero-order valence-corrected chi connectivity index (χ0v) is 4.85. The summed E-state index contributed by atoms with van der Waals surface area (Å²) >= 11 is 0. The average Bonchev–Trinajstić information content (AvgIpc) is 1.58. The molecule has 1 aliphatic heterocycles. The van der Waals surface area contributed by atoms with E-state index in [1.54, 1.807) is 0 Å².